The van der Waals surface area contributed by atoms with Crippen molar-refractivity contribution in [2.75, 3.05) is 6.61 Å². The monoisotopic (exact) mass is 271 g/mol. The van der Waals surface area contributed by atoms with Gasteiger partial charge in [0, 0.05) is 30.1 Å². The van der Waals surface area contributed by atoms with Crippen LogP contribution >= 0.6 is 0 Å². The molecule has 0 atom stereocenters. The summed E-state index contributed by atoms with van der Waals surface area (Å²) in [6.45, 7) is 7.82. The zero-order chi connectivity index (χ0) is 14.5. The SMILES string of the molecule is CCc1c(-c2ccccc2)c(CC)n(CCCO)c1C. The topological polar surface area (TPSA) is 25.2 Å². The van der Waals surface area contributed by atoms with E-state index in [1.54, 1.807) is 0 Å². The number of benzene rings is 1. The number of aliphatic hydroxyl groups is 1. The summed E-state index contributed by atoms with van der Waals surface area (Å²) in [5.41, 5.74) is 6.93. The smallest absolute Gasteiger partial charge is 0.0448 e. The van der Waals surface area contributed by atoms with Crippen LogP contribution in [0.5, 0.6) is 0 Å². The molecule has 2 rings (SSSR count). The van der Waals surface area contributed by atoms with E-state index in [1.165, 1.54) is 28.1 Å². The number of nitrogens with zero attached hydrogens (tertiary/aromatic N) is 1. The summed E-state index contributed by atoms with van der Waals surface area (Å²) >= 11 is 0. The molecule has 108 valence electrons. The molecule has 0 bridgehead atoms. The van der Waals surface area contributed by atoms with Crippen LogP contribution in [0.3, 0.4) is 0 Å². The van der Waals surface area contributed by atoms with Gasteiger partial charge in [-0.15, -0.1) is 0 Å². The molecule has 0 saturated carbocycles. The summed E-state index contributed by atoms with van der Waals surface area (Å²) in [5.74, 6) is 0. The highest BCUT2D eigenvalue weighted by Crippen LogP contribution is 2.33. The van der Waals surface area contributed by atoms with Crippen molar-refractivity contribution >= 4 is 0 Å². The van der Waals surface area contributed by atoms with Crippen LogP contribution in [0.2, 0.25) is 0 Å². The second-order valence-corrected chi connectivity index (χ2v) is 5.19. The Morgan fingerprint density at radius 2 is 1.75 bits per heavy atom. The van der Waals surface area contributed by atoms with Crippen molar-refractivity contribution in [1.82, 2.24) is 4.57 Å². The van der Waals surface area contributed by atoms with Gasteiger partial charge in [0.1, 0.15) is 0 Å². The third-order valence-electron chi connectivity index (χ3n) is 4.05. The molecule has 0 aliphatic rings. The number of aliphatic hydroxyl groups excluding tert-OH is 1. The van der Waals surface area contributed by atoms with E-state index in [2.05, 4.69) is 55.7 Å². The lowest BCUT2D eigenvalue weighted by Crippen LogP contribution is -2.06. The van der Waals surface area contributed by atoms with Crippen LogP contribution < -0.4 is 0 Å². The maximum absolute atomic E-state index is 9.12. The molecule has 1 aromatic heterocycles. The summed E-state index contributed by atoms with van der Waals surface area (Å²) in [5, 5.41) is 9.12. The Hall–Kier alpha value is -1.54. The average molecular weight is 271 g/mol. The van der Waals surface area contributed by atoms with E-state index in [9.17, 15) is 0 Å². The summed E-state index contributed by atoms with van der Waals surface area (Å²) in [6, 6.07) is 10.7. The van der Waals surface area contributed by atoms with E-state index in [-0.39, 0.29) is 6.61 Å². The lowest BCUT2D eigenvalue weighted by molar-refractivity contribution is 0.279. The number of rotatable bonds is 6. The lowest BCUT2D eigenvalue weighted by atomic mass is 9.98. The first kappa shape index (κ1) is 14.9. The molecule has 20 heavy (non-hydrogen) atoms. The number of aromatic nitrogens is 1. The van der Waals surface area contributed by atoms with Gasteiger partial charge in [0.05, 0.1) is 0 Å². The zero-order valence-electron chi connectivity index (χ0n) is 12.8. The van der Waals surface area contributed by atoms with Gasteiger partial charge in [0.2, 0.25) is 0 Å². The van der Waals surface area contributed by atoms with Crippen molar-refractivity contribution in [1.29, 1.82) is 0 Å². The van der Waals surface area contributed by atoms with Crippen molar-refractivity contribution in [3.63, 3.8) is 0 Å². The first-order valence-electron chi connectivity index (χ1n) is 7.61. The van der Waals surface area contributed by atoms with Crippen LogP contribution in [-0.4, -0.2) is 16.3 Å². The molecular formula is C18H25NO. The normalized spacial score (nSPS) is 11.0. The highest BCUT2D eigenvalue weighted by Gasteiger charge is 2.18. The zero-order valence-corrected chi connectivity index (χ0v) is 12.8. The highest BCUT2D eigenvalue weighted by molar-refractivity contribution is 5.72. The fourth-order valence-corrected chi connectivity index (χ4v) is 3.13. The molecular weight excluding hydrogens is 246 g/mol. The first-order valence-corrected chi connectivity index (χ1v) is 7.61. The lowest BCUT2D eigenvalue weighted by Gasteiger charge is -2.11. The Kier molecular flexibility index (Phi) is 5.02. The van der Waals surface area contributed by atoms with Gasteiger partial charge in [-0.2, -0.15) is 0 Å². The molecule has 0 spiro atoms. The van der Waals surface area contributed by atoms with Gasteiger partial charge >= 0.3 is 0 Å². The molecule has 2 aromatic rings. The predicted molar refractivity (Wildman–Crippen MR) is 85.1 cm³/mol. The highest BCUT2D eigenvalue weighted by atomic mass is 16.3. The van der Waals surface area contributed by atoms with E-state index in [0.717, 1.165) is 25.8 Å². The Morgan fingerprint density at radius 1 is 1.05 bits per heavy atom. The Labute approximate surface area is 122 Å². The van der Waals surface area contributed by atoms with Crippen molar-refractivity contribution in [2.45, 2.75) is 46.6 Å². The van der Waals surface area contributed by atoms with Gasteiger partial charge in [-0.25, -0.2) is 0 Å². The van der Waals surface area contributed by atoms with Crippen molar-refractivity contribution < 1.29 is 5.11 Å². The molecule has 1 heterocycles. The fraction of sp³-hybridized carbons (Fsp3) is 0.444. The molecule has 2 heteroatoms. The summed E-state index contributed by atoms with van der Waals surface area (Å²) in [7, 11) is 0. The van der Waals surface area contributed by atoms with Crippen LogP contribution in [-0.2, 0) is 19.4 Å². The van der Waals surface area contributed by atoms with Crippen molar-refractivity contribution in [2.24, 2.45) is 0 Å². The van der Waals surface area contributed by atoms with Gasteiger partial charge in [-0.3, -0.25) is 0 Å². The minimum atomic E-state index is 0.253. The van der Waals surface area contributed by atoms with Crippen molar-refractivity contribution in [3.8, 4) is 11.1 Å². The number of hydrogen-bond donors (Lipinski definition) is 1. The third-order valence-corrected chi connectivity index (χ3v) is 4.05. The van der Waals surface area contributed by atoms with E-state index >= 15 is 0 Å². The minimum Gasteiger partial charge on any atom is -0.396 e. The molecule has 0 amide bonds. The van der Waals surface area contributed by atoms with Crippen LogP contribution in [0.1, 0.15) is 37.2 Å². The molecule has 2 nitrogen and oxygen atoms in total. The maximum atomic E-state index is 9.12. The molecule has 0 aliphatic carbocycles. The molecule has 1 N–H and O–H groups in total. The third kappa shape index (κ3) is 2.66. The van der Waals surface area contributed by atoms with Crippen LogP contribution in [0.4, 0.5) is 0 Å². The van der Waals surface area contributed by atoms with Gasteiger partial charge in [-0.05, 0) is 37.3 Å². The Morgan fingerprint density at radius 3 is 2.30 bits per heavy atom. The van der Waals surface area contributed by atoms with Gasteiger partial charge in [-0.1, -0.05) is 44.2 Å². The van der Waals surface area contributed by atoms with Gasteiger partial charge < -0.3 is 9.67 Å². The van der Waals surface area contributed by atoms with Crippen LogP contribution in [0, 0.1) is 6.92 Å². The quantitative estimate of drug-likeness (QED) is 0.845. The van der Waals surface area contributed by atoms with Gasteiger partial charge in [0.15, 0.2) is 0 Å². The standard InChI is InChI=1S/C18H25NO/c1-4-16-14(3)19(12-9-13-20)17(5-2)18(16)15-10-7-6-8-11-15/h6-8,10-11,20H,4-5,9,12-13H2,1-3H3. The second kappa shape index (κ2) is 6.76. The van der Waals surface area contributed by atoms with E-state index in [1.807, 2.05) is 0 Å². The average Bonchev–Trinajstić information content (AvgIpc) is 2.77. The molecule has 0 unspecified atom stereocenters. The minimum absolute atomic E-state index is 0.253. The van der Waals surface area contributed by atoms with E-state index < -0.39 is 0 Å². The molecule has 0 saturated heterocycles. The Bertz CT molecular complexity index is 555. The van der Waals surface area contributed by atoms with Crippen LogP contribution in [0.25, 0.3) is 11.1 Å². The molecule has 1 aromatic carbocycles. The summed E-state index contributed by atoms with van der Waals surface area (Å²) < 4.78 is 2.40. The van der Waals surface area contributed by atoms with Crippen LogP contribution in [0.15, 0.2) is 30.3 Å². The van der Waals surface area contributed by atoms with E-state index in [0.29, 0.717) is 0 Å². The Balaban J connectivity index is 2.60. The summed E-state index contributed by atoms with van der Waals surface area (Å²) in [4.78, 5) is 0. The largest absolute Gasteiger partial charge is 0.396 e. The fourth-order valence-electron chi connectivity index (χ4n) is 3.13. The molecule has 0 radical (unpaired) electrons. The summed E-state index contributed by atoms with van der Waals surface area (Å²) in [6.07, 6.45) is 2.89. The molecule has 0 fully saturated rings. The van der Waals surface area contributed by atoms with Gasteiger partial charge in [0.25, 0.3) is 0 Å². The van der Waals surface area contributed by atoms with E-state index in [4.69, 9.17) is 5.11 Å². The van der Waals surface area contributed by atoms with Crippen molar-refractivity contribution in [3.05, 3.63) is 47.3 Å². The second-order valence-electron chi connectivity index (χ2n) is 5.19. The number of hydrogen-bond acceptors (Lipinski definition) is 1. The molecule has 0 aliphatic heterocycles. The maximum Gasteiger partial charge on any atom is 0.0448 e. The first-order chi connectivity index (χ1) is 9.74. The predicted octanol–water partition coefficient (Wildman–Crippen LogP) is 3.97.